The van der Waals surface area contributed by atoms with Crippen LogP contribution in [0.3, 0.4) is 0 Å². The fourth-order valence-electron chi connectivity index (χ4n) is 1.22. The normalized spacial score (nSPS) is 14.2. The molecule has 1 aromatic rings. The van der Waals surface area contributed by atoms with E-state index in [9.17, 15) is 9.59 Å². The highest BCUT2D eigenvalue weighted by Gasteiger charge is 2.20. The summed E-state index contributed by atoms with van der Waals surface area (Å²) in [6.07, 6.45) is 0. The molecule has 1 aromatic heterocycles. The van der Waals surface area contributed by atoms with Gasteiger partial charge in [0.05, 0.1) is 5.92 Å². The molecule has 0 saturated heterocycles. The molecule has 3 N–H and O–H groups in total. The first-order valence-electron chi connectivity index (χ1n) is 5.08. The van der Waals surface area contributed by atoms with E-state index in [4.69, 9.17) is 5.73 Å². The number of rotatable bonds is 4. The Hall–Kier alpha value is -1.36. The Morgan fingerprint density at radius 1 is 1.38 bits per heavy atom. The fraction of sp³-hybridized carbons (Fsp3) is 0.455. The van der Waals surface area contributed by atoms with Gasteiger partial charge in [-0.3, -0.25) is 9.59 Å². The Morgan fingerprint density at radius 2 is 2.00 bits per heavy atom. The molecule has 1 rings (SSSR count). The minimum atomic E-state index is -0.629. The summed E-state index contributed by atoms with van der Waals surface area (Å²) in [5.41, 5.74) is 5.08. The van der Waals surface area contributed by atoms with E-state index in [0.717, 1.165) is 9.75 Å². The Balaban J connectivity index is 2.64. The highest BCUT2D eigenvalue weighted by molar-refractivity contribution is 7.12. The van der Waals surface area contributed by atoms with E-state index in [2.05, 4.69) is 5.32 Å². The Bertz CT molecular complexity index is 400. The second kappa shape index (κ2) is 5.12. The molecule has 4 nitrogen and oxygen atoms in total. The first kappa shape index (κ1) is 12.7. The number of aryl methyl sites for hydroxylation is 1. The lowest BCUT2D eigenvalue weighted by molar-refractivity contribution is -0.127. The Labute approximate surface area is 98.8 Å². The average molecular weight is 240 g/mol. The SMILES string of the molecule is Cc1ccc([C@@H](C)C(=O)N[C@H](C)C(N)=O)s1. The Morgan fingerprint density at radius 3 is 2.44 bits per heavy atom. The standard InChI is InChI=1S/C11H16N2O2S/c1-6-4-5-9(16-6)7(2)11(15)13-8(3)10(12)14/h4-5,7-8H,1-3H3,(H2,12,14)(H,13,15)/t7-,8-/m1/s1. The summed E-state index contributed by atoms with van der Waals surface area (Å²) >= 11 is 1.58. The maximum absolute atomic E-state index is 11.8. The van der Waals surface area contributed by atoms with Crippen molar-refractivity contribution in [1.82, 2.24) is 5.32 Å². The predicted octanol–water partition coefficient (Wildman–Crippen LogP) is 1.15. The number of carbonyl (C=O) groups excluding carboxylic acids is 2. The van der Waals surface area contributed by atoms with Crippen molar-refractivity contribution in [2.24, 2.45) is 5.73 Å². The third-order valence-electron chi connectivity index (χ3n) is 2.37. The molecule has 0 unspecified atom stereocenters. The van der Waals surface area contributed by atoms with Crippen LogP contribution >= 0.6 is 11.3 Å². The maximum atomic E-state index is 11.8. The molecular formula is C11H16N2O2S. The monoisotopic (exact) mass is 240 g/mol. The van der Waals surface area contributed by atoms with E-state index in [0.29, 0.717) is 0 Å². The zero-order valence-electron chi connectivity index (χ0n) is 9.61. The summed E-state index contributed by atoms with van der Waals surface area (Å²) in [6, 6.07) is 3.27. The van der Waals surface area contributed by atoms with Gasteiger partial charge in [-0.1, -0.05) is 0 Å². The van der Waals surface area contributed by atoms with Crippen LogP contribution < -0.4 is 11.1 Å². The second-order valence-electron chi connectivity index (χ2n) is 3.80. The van der Waals surface area contributed by atoms with E-state index >= 15 is 0 Å². The van der Waals surface area contributed by atoms with Gasteiger partial charge >= 0.3 is 0 Å². The van der Waals surface area contributed by atoms with Crippen LogP contribution in [0.25, 0.3) is 0 Å². The molecule has 16 heavy (non-hydrogen) atoms. The van der Waals surface area contributed by atoms with Gasteiger partial charge in [-0.25, -0.2) is 0 Å². The molecule has 1 heterocycles. The number of hydrogen-bond acceptors (Lipinski definition) is 3. The van der Waals surface area contributed by atoms with Crippen LogP contribution in [0.5, 0.6) is 0 Å². The van der Waals surface area contributed by atoms with Gasteiger partial charge in [-0.2, -0.15) is 0 Å². The maximum Gasteiger partial charge on any atom is 0.239 e. The summed E-state index contributed by atoms with van der Waals surface area (Å²) < 4.78 is 0. The lowest BCUT2D eigenvalue weighted by Crippen LogP contribution is -2.43. The van der Waals surface area contributed by atoms with Gasteiger partial charge in [0.1, 0.15) is 6.04 Å². The highest BCUT2D eigenvalue weighted by Crippen LogP contribution is 2.24. The molecule has 0 spiro atoms. The molecule has 0 fully saturated rings. The number of primary amides is 1. The third-order valence-corrected chi connectivity index (χ3v) is 3.55. The predicted molar refractivity (Wildman–Crippen MR) is 64.3 cm³/mol. The largest absolute Gasteiger partial charge is 0.368 e. The first-order chi connectivity index (χ1) is 7.41. The molecule has 0 radical (unpaired) electrons. The molecule has 0 aliphatic heterocycles. The van der Waals surface area contributed by atoms with E-state index < -0.39 is 11.9 Å². The molecule has 0 saturated carbocycles. The molecule has 0 aliphatic rings. The van der Waals surface area contributed by atoms with Crippen molar-refractivity contribution >= 4 is 23.2 Å². The minimum Gasteiger partial charge on any atom is -0.368 e. The molecule has 0 aliphatic carbocycles. The first-order valence-corrected chi connectivity index (χ1v) is 5.89. The van der Waals surface area contributed by atoms with E-state index in [1.165, 1.54) is 0 Å². The van der Waals surface area contributed by atoms with Gasteiger partial charge < -0.3 is 11.1 Å². The molecule has 2 amide bonds. The van der Waals surface area contributed by atoms with Crippen molar-refractivity contribution < 1.29 is 9.59 Å². The van der Waals surface area contributed by atoms with Crippen LogP contribution in [0.2, 0.25) is 0 Å². The van der Waals surface area contributed by atoms with E-state index in [1.807, 2.05) is 26.0 Å². The van der Waals surface area contributed by atoms with Crippen LogP contribution in [0.4, 0.5) is 0 Å². The van der Waals surface area contributed by atoms with Gasteiger partial charge in [0.2, 0.25) is 11.8 Å². The number of nitrogens with two attached hydrogens (primary N) is 1. The van der Waals surface area contributed by atoms with Crippen LogP contribution in [-0.4, -0.2) is 17.9 Å². The van der Waals surface area contributed by atoms with Gasteiger partial charge in [0, 0.05) is 9.75 Å². The average Bonchev–Trinajstić information content (AvgIpc) is 2.63. The van der Waals surface area contributed by atoms with E-state index in [1.54, 1.807) is 18.3 Å². The smallest absolute Gasteiger partial charge is 0.239 e. The van der Waals surface area contributed by atoms with Crippen molar-refractivity contribution in [3.05, 3.63) is 21.9 Å². The molecule has 88 valence electrons. The van der Waals surface area contributed by atoms with Gasteiger partial charge in [-0.05, 0) is 32.9 Å². The zero-order valence-corrected chi connectivity index (χ0v) is 10.4. The molecule has 5 heteroatoms. The van der Waals surface area contributed by atoms with Crippen molar-refractivity contribution in [3.63, 3.8) is 0 Å². The fourth-order valence-corrected chi connectivity index (χ4v) is 2.15. The van der Waals surface area contributed by atoms with Crippen LogP contribution in [0, 0.1) is 6.92 Å². The van der Waals surface area contributed by atoms with Gasteiger partial charge in [-0.15, -0.1) is 11.3 Å². The quantitative estimate of drug-likeness (QED) is 0.828. The summed E-state index contributed by atoms with van der Waals surface area (Å²) in [6.45, 7) is 5.38. The van der Waals surface area contributed by atoms with Crippen LogP contribution in [-0.2, 0) is 9.59 Å². The number of carbonyl (C=O) groups is 2. The lowest BCUT2D eigenvalue weighted by atomic mass is 10.1. The number of nitrogens with one attached hydrogen (secondary N) is 1. The topological polar surface area (TPSA) is 72.2 Å². The second-order valence-corrected chi connectivity index (χ2v) is 5.12. The molecule has 0 aromatic carbocycles. The summed E-state index contributed by atoms with van der Waals surface area (Å²) in [4.78, 5) is 24.7. The highest BCUT2D eigenvalue weighted by atomic mass is 32.1. The molecular weight excluding hydrogens is 224 g/mol. The minimum absolute atomic E-state index is 0.173. The molecule has 0 bridgehead atoms. The Kier molecular flexibility index (Phi) is 4.06. The van der Waals surface area contributed by atoms with E-state index in [-0.39, 0.29) is 11.8 Å². The van der Waals surface area contributed by atoms with Crippen molar-refractivity contribution in [3.8, 4) is 0 Å². The van der Waals surface area contributed by atoms with Crippen molar-refractivity contribution in [2.45, 2.75) is 32.7 Å². The van der Waals surface area contributed by atoms with Crippen LogP contribution in [0.15, 0.2) is 12.1 Å². The summed E-state index contributed by atoms with van der Waals surface area (Å²) in [5.74, 6) is -0.948. The van der Waals surface area contributed by atoms with Crippen molar-refractivity contribution in [2.75, 3.05) is 0 Å². The summed E-state index contributed by atoms with van der Waals surface area (Å²) in [5, 5.41) is 2.58. The molecule has 2 atom stereocenters. The zero-order chi connectivity index (χ0) is 12.3. The van der Waals surface area contributed by atoms with Crippen LogP contribution in [0.1, 0.15) is 29.5 Å². The van der Waals surface area contributed by atoms with Crippen molar-refractivity contribution in [1.29, 1.82) is 0 Å². The number of amides is 2. The lowest BCUT2D eigenvalue weighted by Gasteiger charge is -2.14. The van der Waals surface area contributed by atoms with Gasteiger partial charge in [0.25, 0.3) is 0 Å². The van der Waals surface area contributed by atoms with Gasteiger partial charge in [0.15, 0.2) is 0 Å². The third kappa shape index (κ3) is 3.06. The number of thiophene rings is 1. The number of hydrogen-bond donors (Lipinski definition) is 2. The summed E-state index contributed by atoms with van der Waals surface area (Å²) in [7, 11) is 0.